The summed E-state index contributed by atoms with van der Waals surface area (Å²) in [5, 5.41) is 0.161. The number of fused-ring (bicyclic) bond motifs is 1. The summed E-state index contributed by atoms with van der Waals surface area (Å²) in [6.45, 7) is 0. The summed E-state index contributed by atoms with van der Waals surface area (Å²) in [5.74, 6) is -1.09. The van der Waals surface area contributed by atoms with Gasteiger partial charge in [0.15, 0.2) is 0 Å². The van der Waals surface area contributed by atoms with Gasteiger partial charge in [0, 0.05) is 18.6 Å². The van der Waals surface area contributed by atoms with Crippen LogP contribution in [0.2, 0.25) is 0 Å². The Morgan fingerprint density at radius 1 is 1.56 bits per heavy atom. The highest BCUT2D eigenvalue weighted by Crippen LogP contribution is 2.25. The van der Waals surface area contributed by atoms with E-state index in [1.165, 1.54) is 20.2 Å². The number of aromatic nitrogens is 1. The zero-order valence-electron chi connectivity index (χ0n) is 8.61. The molecule has 0 saturated heterocycles. The van der Waals surface area contributed by atoms with Crippen LogP contribution in [0.4, 0.5) is 4.39 Å². The van der Waals surface area contributed by atoms with Gasteiger partial charge in [0.25, 0.3) is 5.56 Å². The molecule has 0 spiro atoms. The molecule has 16 heavy (non-hydrogen) atoms. The molecular weight excluding hydrogens is 233 g/mol. The standard InChI is InChI=1S/C10H8FNO3S/c1-12-4-6(11)5-3-7(10(14)15-2)16-8(5)9(12)13/h3-4H,1-2H3. The van der Waals surface area contributed by atoms with Crippen molar-refractivity contribution in [2.45, 2.75) is 0 Å². The molecule has 2 heterocycles. The van der Waals surface area contributed by atoms with E-state index in [9.17, 15) is 14.0 Å². The number of carbonyl (C=O) groups is 1. The van der Waals surface area contributed by atoms with Crippen molar-refractivity contribution in [3.05, 3.63) is 33.3 Å². The van der Waals surface area contributed by atoms with Gasteiger partial charge in [-0.1, -0.05) is 0 Å². The van der Waals surface area contributed by atoms with Gasteiger partial charge < -0.3 is 9.30 Å². The third kappa shape index (κ3) is 1.51. The maximum absolute atomic E-state index is 13.5. The lowest BCUT2D eigenvalue weighted by Gasteiger charge is -1.97. The zero-order valence-corrected chi connectivity index (χ0v) is 9.43. The Morgan fingerprint density at radius 2 is 2.25 bits per heavy atom. The first kappa shape index (κ1) is 10.8. The highest BCUT2D eigenvalue weighted by atomic mass is 32.1. The number of nitrogens with zero attached hydrogens (tertiary/aromatic N) is 1. The van der Waals surface area contributed by atoms with Gasteiger partial charge in [0.05, 0.1) is 7.11 Å². The largest absolute Gasteiger partial charge is 0.465 e. The fourth-order valence-electron chi connectivity index (χ4n) is 1.39. The smallest absolute Gasteiger partial charge is 0.348 e. The molecule has 2 rings (SSSR count). The topological polar surface area (TPSA) is 48.3 Å². The van der Waals surface area contributed by atoms with E-state index in [1.807, 2.05) is 0 Å². The average molecular weight is 241 g/mol. The lowest BCUT2D eigenvalue weighted by molar-refractivity contribution is 0.0606. The molecule has 0 aliphatic carbocycles. The van der Waals surface area contributed by atoms with Crippen molar-refractivity contribution < 1.29 is 13.9 Å². The number of carbonyl (C=O) groups excluding carboxylic acids is 1. The van der Waals surface area contributed by atoms with Crippen LogP contribution in [0.25, 0.3) is 10.1 Å². The highest BCUT2D eigenvalue weighted by Gasteiger charge is 2.15. The Hall–Kier alpha value is -1.69. The van der Waals surface area contributed by atoms with Gasteiger partial charge in [0.1, 0.15) is 15.4 Å². The summed E-state index contributed by atoms with van der Waals surface area (Å²) in [5.41, 5.74) is -0.323. The quantitative estimate of drug-likeness (QED) is 0.711. The van der Waals surface area contributed by atoms with Crippen molar-refractivity contribution >= 4 is 27.4 Å². The van der Waals surface area contributed by atoms with Crippen LogP contribution in [-0.2, 0) is 11.8 Å². The molecule has 0 bridgehead atoms. The fourth-order valence-corrected chi connectivity index (χ4v) is 2.45. The minimum absolute atomic E-state index is 0.161. The normalized spacial score (nSPS) is 10.7. The van der Waals surface area contributed by atoms with Gasteiger partial charge in [-0.15, -0.1) is 11.3 Å². The molecule has 0 aliphatic rings. The molecule has 0 amide bonds. The maximum atomic E-state index is 13.5. The SMILES string of the molecule is COC(=O)c1cc2c(F)cn(C)c(=O)c2s1. The molecule has 0 N–H and O–H groups in total. The number of esters is 1. The van der Waals surface area contributed by atoms with E-state index in [0.717, 1.165) is 22.1 Å². The van der Waals surface area contributed by atoms with E-state index in [4.69, 9.17) is 0 Å². The fraction of sp³-hybridized carbons (Fsp3) is 0.200. The summed E-state index contributed by atoms with van der Waals surface area (Å²) in [6, 6.07) is 1.34. The van der Waals surface area contributed by atoms with Gasteiger partial charge in [-0.2, -0.15) is 0 Å². The molecule has 0 radical (unpaired) electrons. The number of ether oxygens (including phenoxy) is 1. The van der Waals surface area contributed by atoms with E-state index in [2.05, 4.69) is 4.74 Å². The molecule has 6 heteroatoms. The predicted molar refractivity (Wildman–Crippen MR) is 58.4 cm³/mol. The summed E-state index contributed by atoms with van der Waals surface area (Å²) < 4.78 is 19.4. The maximum Gasteiger partial charge on any atom is 0.348 e. The first-order valence-corrected chi connectivity index (χ1v) is 5.23. The van der Waals surface area contributed by atoms with Crippen LogP contribution in [0.15, 0.2) is 17.1 Å². The summed E-state index contributed by atoms with van der Waals surface area (Å²) >= 11 is 0.937. The number of halogens is 1. The van der Waals surface area contributed by atoms with Gasteiger partial charge in [-0.3, -0.25) is 4.79 Å². The lowest BCUT2D eigenvalue weighted by atomic mass is 10.3. The van der Waals surface area contributed by atoms with E-state index in [-0.39, 0.29) is 20.5 Å². The Labute approximate surface area is 93.9 Å². The highest BCUT2D eigenvalue weighted by molar-refractivity contribution is 7.20. The van der Waals surface area contributed by atoms with Gasteiger partial charge in [-0.25, -0.2) is 9.18 Å². The Kier molecular flexibility index (Phi) is 2.51. The second kappa shape index (κ2) is 3.71. The monoisotopic (exact) mass is 241 g/mol. The molecular formula is C10H8FNO3S. The number of methoxy groups -OCH3 is 1. The molecule has 0 saturated carbocycles. The minimum atomic E-state index is -0.567. The van der Waals surface area contributed by atoms with Gasteiger partial charge in [-0.05, 0) is 6.07 Å². The molecule has 4 nitrogen and oxygen atoms in total. The number of hydrogen-bond donors (Lipinski definition) is 0. The molecule has 0 unspecified atom stereocenters. The van der Waals surface area contributed by atoms with Crippen LogP contribution in [0.1, 0.15) is 9.67 Å². The van der Waals surface area contributed by atoms with Crippen LogP contribution in [0, 0.1) is 5.82 Å². The second-order valence-corrected chi connectivity index (χ2v) is 4.29. The van der Waals surface area contributed by atoms with Crippen LogP contribution < -0.4 is 5.56 Å². The first-order chi connectivity index (χ1) is 7.54. The zero-order chi connectivity index (χ0) is 11.9. The van der Waals surface area contributed by atoms with E-state index in [0.29, 0.717) is 0 Å². The molecule has 0 atom stereocenters. The van der Waals surface area contributed by atoms with Crippen LogP contribution in [0.5, 0.6) is 0 Å². The van der Waals surface area contributed by atoms with Crippen molar-refractivity contribution in [1.82, 2.24) is 4.57 Å². The summed E-state index contributed by atoms with van der Waals surface area (Å²) in [4.78, 5) is 23.1. The second-order valence-electron chi connectivity index (χ2n) is 3.24. The molecule has 2 aromatic heterocycles. The molecule has 0 fully saturated rings. The van der Waals surface area contributed by atoms with Gasteiger partial charge >= 0.3 is 5.97 Å². The Bertz CT molecular complexity index is 629. The number of thiophene rings is 1. The van der Waals surface area contributed by atoms with Crippen molar-refractivity contribution in [2.24, 2.45) is 7.05 Å². The summed E-state index contributed by atoms with van der Waals surface area (Å²) in [6.07, 6.45) is 1.10. The molecule has 84 valence electrons. The number of hydrogen-bond acceptors (Lipinski definition) is 4. The van der Waals surface area contributed by atoms with Crippen LogP contribution in [0.3, 0.4) is 0 Å². The number of rotatable bonds is 1. The van der Waals surface area contributed by atoms with Gasteiger partial charge in [0.2, 0.25) is 0 Å². The number of pyridine rings is 1. The van der Waals surface area contributed by atoms with Crippen molar-refractivity contribution in [2.75, 3.05) is 7.11 Å². The van der Waals surface area contributed by atoms with E-state index < -0.39 is 11.8 Å². The van der Waals surface area contributed by atoms with Crippen molar-refractivity contribution in [3.8, 4) is 0 Å². The van der Waals surface area contributed by atoms with Crippen molar-refractivity contribution in [3.63, 3.8) is 0 Å². The minimum Gasteiger partial charge on any atom is -0.465 e. The van der Waals surface area contributed by atoms with E-state index in [1.54, 1.807) is 0 Å². The molecule has 0 aliphatic heterocycles. The first-order valence-electron chi connectivity index (χ1n) is 4.41. The summed E-state index contributed by atoms with van der Waals surface area (Å²) in [7, 11) is 2.70. The predicted octanol–water partition coefficient (Wildman–Crippen LogP) is 1.53. The lowest BCUT2D eigenvalue weighted by Crippen LogP contribution is -2.15. The Balaban J connectivity index is 2.80. The molecule has 0 aromatic carbocycles. The van der Waals surface area contributed by atoms with E-state index >= 15 is 0 Å². The third-order valence-corrected chi connectivity index (χ3v) is 3.30. The van der Waals surface area contributed by atoms with Crippen molar-refractivity contribution in [1.29, 1.82) is 0 Å². The van der Waals surface area contributed by atoms with Crippen LogP contribution >= 0.6 is 11.3 Å². The Morgan fingerprint density at radius 3 is 2.88 bits per heavy atom. The molecule has 2 aromatic rings. The van der Waals surface area contributed by atoms with Crippen LogP contribution in [-0.4, -0.2) is 17.6 Å². The third-order valence-electron chi connectivity index (χ3n) is 2.20. The number of aryl methyl sites for hydroxylation is 1. The average Bonchev–Trinajstić information content (AvgIpc) is 2.70.